The Labute approximate surface area is 82.2 Å². The van der Waals surface area contributed by atoms with Crippen LogP contribution in [0.4, 0.5) is 0 Å². The van der Waals surface area contributed by atoms with Gasteiger partial charge in [-0.1, -0.05) is 12.1 Å². The maximum atomic E-state index is 10.9. The molecule has 0 amide bonds. The molecule has 1 aromatic carbocycles. The van der Waals surface area contributed by atoms with Gasteiger partial charge in [0.25, 0.3) is 9.05 Å². The first-order valence-electron chi connectivity index (χ1n) is 3.07. The van der Waals surface area contributed by atoms with Crippen LogP contribution in [-0.4, -0.2) is 17.2 Å². The first-order chi connectivity index (χ1) is 5.93. The molecule has 1 unspecified atom stereocenters. The summed E-state index contributed by atoms with van der Waals surface area (Å²) >= 11 is -2.35. The average molecular weight is 241 g/mol. The average Bonchev–Trinajstić information content (AvgIpc) is 2.03. The molecule has 0 aliphatic heterocycles. The van der Waals surface area contributed by atoms with Crippen LogP contribution in [0.25, 0.3) is 0 Å². The van der Waals surface area contributed by atoms with E-state index < -0.39 is 20.1 Å². The molecule has 0 aliphatic carbocycles. The third kappa shape index (κ3) is 2.50. The summed E-state index contributed by atoms with van der Waals surface area (Å²) in [4.78, 5) is -0.546. The third-order valence-corrected chi connectivity index (χ3v) is 3.54. The van der Waals surface area contributed by atoms with E-state index in [4.69, 9.17) is 15.2 Å². The molecule has 0 saturated heterocycles. The van der Waals surface area contributed by atoms with E-state index >= 15 is 0 Å². The van der Waals surface area contributed by atoms with Crippen molar-refractivity contribution < 1.29 is 17.2 Å². The van der Waals surface area contributed by atoms with E-state index in [0.29, 0.717) is 0 Å². The molecule has 0 saturated carbocycles. The van der Waals surface area contributed by atoms with E-state index in [1.807, 2.05) is 0 Å². The smallest absolute Gasteiger partial charge is 0.262 e. The Hall–Kier alpha value is -0.430. The van der Waals surface area contributed by atoms with E-state index in [2.05, 4.69) is 0 Å². The maximum Gasteiger partial charge on any atom is 0.262 e. The maximum absolute atomic E-state index is 10.9. The van der Waals surface area contributed by atoms with Gasteiger partial charge in [-0.25, -0.2) is 12.6 Å². The minimum absolute atomic E-state index is 0.211. The van der Waals surface area contributed by atoms with E-state index in [0.717, 1.165) is 0 Å². The van der Waals surface area contributed by atoms with Crippen LogP contribution in [0.3, 0.4) is 0 Å². The number of hydrogen-bond acceptors (Lipinski definition) is 3. The van der Waals surface area contributed by atoms with Gasteiger partial charge in [-0.15, -0.1) is 0 Å². The van der Waals surface area contributed by atoms with Crippen LogP contribution < -0.4 is 0 Å². The Kier molecular flexibility index (Phi) is 3.07. The monoisotopic (exact) mass is 240 g/mol. The zero-order valence-electron chi connectivity index (χ0n) is 6.18. The standard InChI is InChI=1S/C6H5ClO4S2/c7-13(10,11)6-4-2-1-3-5(6)12(8)9/h1-4H,(H,8,9). The molecular weight excluding hydrogens is 236 g/mol. The fourth-order valence-corrected chi connectivity index (χ4v) is 2.86. The molecule has 0 radical (unpaired) electrons. The summed E-state index contributed by atoms with van der Waals surface area (Å²) in [7, 11) is 1.08. The Morgan fingerprint density at radius 3 is 2.23 bits per heavy atom. The lowest BCUT2D eigenvalue weighted by Gasteiger charge is -2.00. The fourth-order valence-electron chi connectivity index (χ4n) is 0.796. The van der Waals surface area contributed by atoms with Crippen LogP contribution in [-0.2, 0) is 20.1 Å². The van der Waals surface area contributed by atoms with Crippen LogP contribution in [0, 0.1) is 0 Å². The molecule has 0 bridgehead atoms. The molecule has 1 rings (SSSR count). The lowest BCUT2D eigenvalue weighted by Crippen LogP contribution is -1.99. The van der Waals surface area contributed by atoms with Gasteiger partial charge in [-0.05, 0) is 12.1 Å². The van der Waals surface area contributed by atoms with Crippen LogP contribution in [0.2, 0.25) is 0 Å². The molecule has 1 N–H and O–H groups in total. The first-order valence-corrected chi connectivity index (χ1v) is 6.49. The quantitative estimate of drug-likeness (QED) is 0.623. The van der Waals surface area contributed by atoms with Crippen molar-refractivity contribution in [2.24, 2.45) is 0 Å². The zero-order chi connectivity index (χ0) is 10.1. The molecule has 0 fully saturated rings. The van der Waals surface area contributed by atoms with Crippen molar-refractivity contribution in [1.82, 2.24) is 0 Å². The van der Waals surface area contributed by atoms with Gasteiger partial charge in [0.05, 0.1) is 4.90 Å². The highest BCUT2D eigenvalue weighted by atomic mass is 35.7. The summed E-state index contributed by atoms with van der Waals surface area (Å²) < 4.78 is 41.1. The van der Waals surface area contributed by atoms with Gasteiger partial charge < -0.3 is 4.55 Å². The summed E-state index contributed by atoms with van der Waals surface area (Å²) in [6.07, 6.45) is 0. The molecule has 1 aromatic rings. The normalized spacial score (nSPS) is 14.0. The number of benzene rings is 1. The molecule has 0 spiro atoms. The summed E-state index contributed by atoms with van der Waals surface area (Å²) in [5.74, 6) is 0. The molecular formula is C6H5ClO4S2. The molecule has 0 heterocycles. The highest BCUT2D eigenvalue weighted by Crippen LogP contribution is 2.21. The third-order valence-electron chi connectivity index (χ3n) is 1.30. The highest BCUT2D eigenvalue weighted by molar-refractivity contribution is 8.14. The highest BCUT2D eigenvalue weighted by Gasteiger charge is 2.17. The van der Waals surface area contributed by atoms with Crippen molar-refractivity contribution in [3.05, 3.63) is 24.3 Å². The van der Waals surface area contributed by atoms with Crippen molar-refractivity contribution in [2.45, 2.75) is 9.79 Å². The SMILES string of the molecule is O=S(O)c1ccccc1S(=O)(=O)Cl. The topological polar surface area (TPSA) is 71.4 Å². The summed E-state index contributed by atoms with van der Waals surface area (Å²) in [5, 5.41) is 0. The predicted octanol–water partition coefficient (Wildman–Crippen LogP) is 1.19. The predicted molar refractivity (Wildman–Crippen MR) is 48.5 cm³/mol. The van der Waals surface area contributed by atoms with E-state index in [1.165, 1.54) is 24.3 Å². The van der Waals surface area contributed by atoms with Crippen LogP contribution in [0.15, 0.2) is 34.1 Å². The zero-order valence-corrected chi connectivity index (χ0v) is 8.56. The molecule has 1 atom stereocenters. The summed E-state index contributed by atoms with van der Waals surface area (Å²) in [5.41, 5.74) is 0. The second-order valence-corrected chi connectivity index (χ2v) is 5.61. The van der Waals surface area contributed by atoms with E-state index in [9.17, 15) is 12.6 Å². The Balaban J connectivity index is 3.46. The van der Waals surface area contributed by atoms with Gasteiger partial charge in [0, 0.05) is 10.7 Å². The molecule has 0 aliphatic rings. The van der Waals surface area contributed by atoms with Crippen molar-refractivity contribution in [3.63, 3.8) is 0 Å². The molecule has 72 valence electrons. The fraction of sp³-hybridized carbons (Fsp3) is 0. The summed E-state index contributed by atoms with van der Waals surface area (Å²) in [6.45, 7) is 0. The molecule has 4 nitrogen and oxygen atoms in total. The lowest BCUT2D eigenvalue weighted by atomic mass is 10.4. The van der Waals surface area contributed by atoms with Crippen molar-refractivity contribution in [2.75, 3.05) is 0 Å². The number of hydrogen-bond donors (Lipinski definition) is 1. The minimum Gasteiger partial charge on any atom is -0.302 e. The molecule has 7 heteroatoms. The van der Waals surface area contributed by atoms with Crippen LogP contribution >= 0.6 is 10.7 Å². The summed E-state index contributed by atoms with van der Waals surface area (Å²) in [6, 6.07) is 5.28. The Morgan fingerprint density at radius 2 is 1.85 bits per heavy atom. The second-order valence-electron chi connectivity index (χ2n) is 2.13. The number of halogens is 1. The van der Waals surface area contributed by atoms with Crippen molar-refractivity contribution in [1.29, 1.82) is 0 Å². The van der Waals surface area contributed by atoms with Gasteiger partial charge >= 0.3 is 0 Å². The number of rotatable bonds is 2. The van der Waals surface area contributed by atoms with Gasteiger partial charge in [-0.2, -0.15) is 0 Å². The Morgan fingerprint density at radius 1 is 1.31 bits per heavy atom. The second kappa shape index (κ2) is 3.75. The van der Waals surface area contributed by atoms with Crippen molar-refractivity contribution in [3.8, 4) is 0 Å². The lowest BCUT2D eigenvalue weighted by molar-refractivity contribution is 0.559. The van der Waals surface area contributed by atoms with Crippen LogP contribution in [0.1, 0.15) is 0 Å². The Bertz CT molecular complexity index is 440. The minimum atomic E-state index is -3.96. The van der Waals surface area contributed by atoms with Gasteiger partial charge in [0.2, 0.25) is 0 Å². The van der Waals surface area contributed by atoms with E-state index in [-0.39, 0.29) is 9.79 Å². The largest absolute Gasteiger partial charge is 0.302 e. The molecule has 13 heavy (non-hydrogen) atoms. The van der Waals surface area contributed by atoms with E-state index in [1.54, 1.807) is 0 Å². The van der Waals surface area contributed by atoms with Gasteiger partial charge in [0.1, 0.15) is 4.90 Å². The van der Waals surface area contributed by atoms with Gasteiger partial charge in [-0.3, -0.25) is 0 Å². The van der Waals surface area contributed by atoms with Crippen LogP contribution in [0.5, 0.6) is 0 Å². The molecule has 0 aromatic heterocycles. The van der Waals surface area contributed by atoms with Gasteiger partial charge in [0.15, 0.2) is 11.1 Å². The first kappa shape index (κ1) is 10.6. The van der Waals surface area contributed by atoms with Crippen molar-refractivity contribution >= 4 is 30.8 Å².